The Bertz CT molecular complexity index is 618. The lowest BCUT2D eigenvalue weighted by Gasteiger charge is -2.03. The third kappa shape index (κ3) is 2.72. The second-order valence-electron chi connectivity index (χ2n) is 3.49. The third-order valence-corrected chi connectivity index (χ3v) is 4.95. The number of sulfonamides is 1. The highest BCUT2D eigenvalue weighted by Gasteiger charge is 2.19. The van der Waals surface area contributed by atoms with Gasteiger partial charge in [-0.25, -0.2) is 13.1 Å². The van der Waals surface area contributed by atoms with Crippen LogP contribution in [-0.2, 0) is 23.1 Å². The fourth-order valence-corrected chi connectivity index (χ4v) is 3.88. The Balaban J connectivity index is 2.17. The first kappa shape index (κ1) is 13.1. The van der Waals surface area contributed by atoms with E-state index in [1.54, 1.807) is 13.0 Å². The fraction of sp³-hybridized carbons (Fsp3) is 0.375. The van der Waals surface area contributed by atoms with Crippen LogP contribution in [0, 0.1) is 6.92 Å². The molecule has 2 aromatic heterocycles. The summed E-state index contributed by atoms with van der Waals surface area (Å²) in [5.74, 6) is 0.283. The van der Waals surface area contributed by atoms with E-state index in [1.165, 1.54) is 11.3 Å². The number of hydrogen-bond donors (Lipinski definition) is 3. The Hall–Kier alpha value is -1.36. The standard InChI is InChI=1S/C8H12N6O2S2/c1-5-7(2-6(3-9)17-5)18(15,16)10-4-8-11-13-14-12-8/h2,10H,3-4,9H2,1H3,(H,11,12,13,14). The van der Waals surface area contributed by atoms with Crippen molar-refractivity contribution < 1.29 is 8.42 Å². The van der Waals surface area contributed by atoms with Gasteiger partial charge in [-0.1, -0.05) is 5.21 Å². The van der Waals surface area contributed by atoms with Gasteiger partial charge < -0.3 is 5.73 Å². The van der Waals surface area contributed by atoms with Crippen molar-refractivity contribution in [2.45, 2.75) is 24.9 Å². The van der Waals surface area contributed by atoms with Crippen LogP contribution in [0.5, 0.6) is 0 Å². The molecule has 0 saturated heterocycles. The van der Waals surface area contributed by atoms with E-state index < -0.39 is 10.0 Å². The molecule has 0 bridgehead atoms. The maximum atomic E-state index is 12.0. The van der Waals surface area contributed by atoms with Gasteiger partial charge in [-0.3, -0.25) is 0 Å². The predicted molar refractivity (Wildman–Crippen MR) is 65.2 cm³/mol. The largest absolute Gasteiger partial charge is 0.326 e. The summed E-state index contributed by atoms with van der Waals surface area (Å²) < 4.78 is 26.5. The van der Waals surface area contributed by atoms with Crippen LogP contribution in [0.25, 0.3) is 0 Å². The Morgan fingerprint density at radius 3 is 2.89 bits per heavy atom. The molecule has 10 heteroatoms. The first-order chi connectivity index (χ1) is 8.53. The molecular formula is C8H12N6O2S2. The van der Waals surface area contributed by atoms with Crippen LogP contribution in [0.15, 0.2) is 11.0 Å². The van der Waals surface area contributed by atoms with Gasteiger partial charge in [0.25, 0.3) is 0 Å². The Labute approximate surface area is 108 Å². The van der Waals surface area contributed by atoms with Gasteiger partial charge in [-0.2, -0.15) is 5.21 Å². The molecule has 0 aliphatic heterocycles. The van der Waals surface area contributed by atoms with E-state index in [0.29, 0.717) is 11.4 Å². The highest BCUT2D eigenvalue weighted by molar-refractivity contribution is 7.89. The number of thiophene rings is 1. The van der Waals surface area contributed by atoms with E-state index in [1.807, 2.05) is 0 Å². The predicted octanol–water partition coefficient (Wildman–Crippen LogP) is -0.493. The lowest BCUT2D eigenvalue weighted by molar-refractivity contribution is 0.579. The van der Waals surface area contributed by atoms with Crippen molar-refractivity contribution in [1.29, 1.82) is 0 Å². The number of nitrogens with one attached hydrogen (secondary N) is 2. The Kier molecular flexibility index (Phi) is 3.71. The molecule has 8 nitrogen and oxygen atoms in total. The van der Waals surface area contributed by atoms with Crippen LogP contribution < -0.4 is 10.5 Å². The van der Waals surface area contributed by atoms with E-state index in [4.69, 9.17) is 5.73 Å². The number of H-pyrrole nitrogens is 1. The van der Waals surface area contributed by atoms with Crippen molar-refractivity contribution in [1.82, 2.24) is 25.3 Å². The summed E-state index contributed by atoms with van der Waals surface area (Å²) in [5.41, 5.74) is 5.49. The number of aryl methyl sites for hydroxylation is 1. The number of nitrogens with zero attached hydrogens (tertiary/aromatic N) is 3. The fourth-order valence-electron chi connectivity index (χ4n) is 1.39. The summed E-state index contributed by atoms with van der Waals surface area (Å²) in [6.45, 7) is 2.06. The second kappa shape index (κ2) is 5.10. The zero-order valence-corrected chi connectivity index (χ0v) is 11.2. The third-order valence-electron chi connectivity index (χ3n) is 2.22. The SMILES string of the molecule is Cc1sc(CN)cc1S(=O)(=O)NCc1nn[nH]n1. The molecule has 2 heterocycles. The number of aromatic amines is 1. The maximum Gasteiger partial charge on any atom is 0.242 e. The molecule has 2 aromatic rings. The average molecular weight is 288 g/mol. The van der Waals surface area contributed by atoms with E-state index >= 15 is 0 Å². The van der Waals surface area contributed by atoms with E-state index in [9.17, 15) is 8.42 Å². The molecule has 0 aliphatic rings. The Morgan fingerprint density at radius 2 is 2.33 bits per heavy atom. The quantitative estimate of drug-likeness (QED) is 0.681. The maximum absolute atomic E-state index is 12.0. The summed E-state index contributed by atoms with van der Waals surface area (Å²) in [4.78, 5) is 1.78. The molecule has 2 rings (SSSR count). The van der Waals surface area contributed by atoms with E-state index in [2.05, 4.69) is 25.3 Å². The minimum Gasteiger partial charge on any atom is -0.326 e. The molecule has 4 N–H and O–H groups in total. The molecule has 0 unspecified atom stereocenters. The normalized spacial score (nSPS) is 11.9. The number of aromatic nitrogens is 4. The summed E-state index contributed by atoms with van der Waals surface area (Å²) in [6.07, 6.45) is 0. The molecular weight excluding hydrogens is 276 g/mol. The summed E-state index contributed by atoms with van der Waals surface area (Å²) in [6, 6.07) is 1.58. The zero-order chi connectivity index (χ0) is 13.2. The van der Waals surface area contributed by atoms with Crippen LogP contribution in [0.2, 0.25) is 0 Å². The molecule has 0 amide bonds. The van der Waals surface area contributed by atoms with Crippen molar-refractivity contribution >= 4 is 21.4 Å². The molecule has 0 radical (unpaired) electrons. The van der Waals surface area contributed by atoms with Gasteiger partial charge in [0.05, 0.1) is 11.4 Å². The van der Waals surface area contributed by atoms with Crippen molar-refractivity contribution in [3.8, 4) is 0 Å². The van der Waals surface area contributed by atoms with Crippen LogP contribution in [-0.4, -0.2) is 29.0 Å². The minimum absolute atomic E-state index is 0.00786. The molecule has 0 fully saturated rings. The van der Waals surface area contributed by atoms with Crippen molar-refractivity contribution in [3.63, 3.8) is 0 Å². The smallest absolute Gasteiger partial charge is 0.242 e. The highest BCUT2D eigenvalue weighted by Crippen LogP contribution is 2.25. The molecule has 0 saturated carbocycles. The van der Waals surface area contributed by atoms with E-state index in [-0.39, 0.29) is 17.3 Å². The Morgan fingerprint density at radius 1 is 1.56 bits per heavy atom. The monoisotopic (exact) mass is 288 g/mol. The molecule has 98 valence electrons. The van der Waals surface area contributed by atoms with Crippen LogP contribution in [0.3, 0.4) is 0 Å². The number of rotatable bonds is 5. The first-order valence-electron chi connectivity index (χ1n) is 5.04. The van der Waals surface area contributed by atoms with Crippen LogP contribution in [0.4, 0.5) is 0 Å². The van der Waals surface area contributed by atoms with Crippen molar-refractivity contribution in [2.24, 2.45) is 5.73 Å². The second-order valence-corrected chi connectivity index (χ2v) is 6.57. The zero-order valence-electron chi connectivity index (χ0n) is 9.54. The number of tetrazole rings is 1. The van der Waals surface area contributed by atoms with E-state index in [0.717, 1.165) is 4.88 Å². The lowest BCUT2D eigenvalue weighted by atomic mass is 10.4. The minimum atomic E-state index is -3.57. The van der Waals surface area contributed by atoms with Gasteiger partial charge in [0.2, 0.25) is 10.0 Å². The molecule has 0 aromatic carbocycles. The van der Waals surface area contributed by atoms with Gasteiger partial charge >= 0.3 is 0 Å². The molecule has 0 aliphatic carbocycles. The number of hydrogen-bond acceptors (Lipinski definition) is 7. The number of nitrogens with two attached hydrogens (primary N) is 1. The van der Waals surface area contributed by atoms with Crippen molar-refractivity contribution in [2.75, 3.05) is 0 Å². The summed E-state index contributed by atoms with van der Waals surface area (Å²) >= 11 is 1.37. The van der Waals surface area contributed by atoms with Gasteiger partial charge in [0, 0.05) is 16.3 Å². The van der Waals surface area contributed by atoms with Gasteiger partial charge in [-0.15, -0.1) is 21.5 Å². The van der Waals surface area contributed by atoms with Crippen LogP contribution in [0.1, 0.15) is 15.6 Å². The molecule has 0 spiro atoms. The average Bonchev–Trinajstić information content (AvgIpc) is 2.95. The van der Waals surface area contributed by atoms with Crippen LogP contribution >= 0.6 is 11.3 Å². The van der Waals surface area contributed by atoms with Crippen molar-refractivity contribution in [3.05, 3.63) is 21.6 Å². The van der Waals surface area contributed by atoms with Gasteiger partial charge in [0.1, 0.15) is 0 Å². The lowest BCUT2D eigenvalue weighted by Crippen LogP contribution is -2.24. The summed E-state index contributed by atoms with van der Waals surface area (Å²) in [7, 11) is -3.57. The van der Waals surface area contributed by atoms with Gasteiger partial charge in [-0.05, 0) is 13.0 Å². The van der Waals surface area contributed by atoms with Gasteiger partial charge in [0.15, 0.2) is 5.82 Å². The topological polar surface area (TPSA) is 127 Å². The summed E-state index contributed by atoms with van der Waals surface area (Å²) in [5, 5.41) is 12.9. The highest BCUT2D eigenvalue weighted by atomic mass is 32.2. The first-order valence-corrected chi connectivity index (χ1v) is 7.34. The molecule has 0 atom stereocenters. The molecule has 18 heavy (non-hydrogen) atoms.